The van der Waals surface area contributed by atoms with Crippen LogP contribution >= 0.6 is 0 Å². The number of carbonyl (C=O) groups is 1. The number of likely N-dealkylation sites (tertiary alicyclic amines) is 1. The van der Waals surface area contributed by atoms with Crippen molar-refractivity contribution in [2.45, 2.75) is 63.5 Å². The van der Waals surface area contributed by atoms with E-state index in [1.54, 1.807) is 0 Å². The van der Waals surface area contributed by atoms with Crippen LogP contribution in [0.2, 0.25) is 0 Å². The number of hydrogen-bond acceptors (Lipinski definition) is 3. The molecule has 7 rings (SSSR count). The number of carbonyl (C=O) groups excluding carboxylic acids is 1. The summed E-state index contributed by atoms with van der Waals surface area (Å²) in [5.41, 5.74) is 10.4. The lowest BCUT2D eigenvalue weighted by Gasteiger charge is -2.26. The van der Waals surface area contributed by atoms with Crippen LogP contribution in [0.4, 0.5) is 0 Å². The van der Waals surface area contributed by atoms with Crippen LogP contribution in [0.1, 0.15) is 64.8 Å². The van der Waals surface area contributed by atoms with Crippen molar-refractivity contribution >= 4 is 5.91 Å². The van der Waals surface area contributed by atoms with Crippen LogP contribution in [0, 0.1) is 0 Å². The summed E-state index contributed by atoms with van der Waals surface area (Å²) in [7, 11) is 0. The van der Waals surface area contributed by atoms with Crippen molar-refractivity contribution in [1.82, 2.24) is 20.2 Å². The maximum atomic E-state index is 12.9. The predicted octanol–water partition coefficient (Wildman–Crippen LogP) is 4.65. The molecule has 0 unspecified atom stereocenters. The maximum absolute atomic E-state index is 12.9. The number of fused-ring (bicyclic) bond motifs is 5. The van der Waals surface area contributed by atoms with Gasteiger partial charge in [0, 0.05) is 41.5 Å². The molecule has 0 bridgehead atoms. The van der Waals surface area contributed by atoms with E-state index in [0.717, 1.165) is 66.9 Å². The summed E-state index contributed by atoms with van der Waals surface area (Å²) in [5, 5.41) is 3.28. The van der Waals surface area contributed by atoms with Crippen LogP contribution < -0.4 is 5.32 Å². The first-order valence-corrected chi connectivity index (χ1v) is 12.5. The molecule has 33 heavy (non-hydrogen) atoms. The van der Waals surface area contributed by atoms with Gasteiger partial charge in [-0.1, -0.05) is 30.7 Å². The number of piperidine rings is 1. The lowest BCUT2D eigenvalue weighted by atomic mass is 9.87. The van der Waals surface area contributed by atoms with E-state index in [1.165, 1.54) is 54.6 Å². The molecule has 2 N–H and O–H groups in total. The average molecular weight is 439 g/mol. The van der Waals surface area contributed by atoms with Gasteiger partial charge in [-0.2, -0.15) is 0 Å². The summed E-state index contributed by atoms with van der Waals surface area (Å²) in [4.78, 5) is 23.9. The van der Waals surface area contributed by atoms with Gasteiger partial charge in [-0.15, -0.1) is 0 Å². The lowest BCUT2D eigenvalue weighted by molar-refractivity contribution is 0.0917. The Hall–Kier alpha value is -2.92. The number of benzene rings is 1. The number of nitrogens with one attached hydrogen (secondary N) is 2. The molecule has 168 valence electrons. The number of aromatic amines is 1. The van der Waals surface area contributed by atoms with E-state index in [-0.39, 0.29) is 11.4 Å². The lowest BCUT2D eigenvalue weighted by Crippen LogP contribution is -2.43. The highest BCUT2D eigenvalue weighted by atomic mass is 16.2. The SMILES string of the molecule is O=C1NC2(CC2)Cc2[nH]c3c(c21)CCc1cnc(-c2ccc(CN4CCCCC4)cc2)cc1-3. The molecule has 2 aromatic heterocycles. The quantitative estimate of drug-likeness (QED) is 0.626. The fourth-order valence-corrected chi connectivity index (χ4v) is 6.11. The molecule has 4 heterocycles. The van der Waals surface area contributed by atoms with Crippen molar-refractivity contribution < 1.29 is 4.79 Å². The Kier molecular flexibility index (Phi) is 4.32. The van der Waals surface area contributed by atoms with Gasteiger partial charge in [0.25, 0.3) is 5.91 Å². The topological polar surface area (TPSA) is 61.0 Å². The maximum Gasteiger partial charge on any atom is 0.253 e. The van der Waals surface area contributed by atoms with Crippen molar-refractivity contribution in [2.75, 3.05) is 13.1 Å². The van der Waals surface area contributed by atoms with Crippen molar-refractivity contribution in [3.8, 4) is 22.5 Å². The molecule has 2 aliphatic carbocycles. The Morgan fingerprint density at radius 1 is 1.03 bits per heavy atom. The number of pyridine rings is 1. The van der Waals surface area contributed by atoms with Crippen LogP contribution in [0.25, 0.3) is 22.5 Å². The smallest absolute Gasteiger partial charge is 0.253 e. The summed E-state index contributed by atoms with van der Waals surface area (Å²) in [6.45, 7) is 3.48. The zero-order valence-electron chi connectivity index (χ0n) is 19.0. The van der Waals surface area contributed by atoms with Gasteiger partial charge in [-0.3, -0.25) is 14.7 Å². The molecule has 0 atom stereocenters. The molecule has 1 spiro atoms. The highest BCUT2D eigenvalue weighted by Gasteiger charge is 2.49. The molecule has 1 saturated heterocycles. The zero-order valence-corrected chi connectivity index (χ0v) is 19.0. The molecule has 0 radical (unpaired) electrons. The first kappa shape index (κ1) is 19.5. The average Bonchev–Trinajstić information content (AvgIpc) is 3.46. The molecule has 1 amide bonds. The third-order valence-corrected chi connectivity index (χ3v) is 8.16. The number of nitrogens with zero attached hydrogens (tertiary/aromatic N) is 2. The Morgan fingerprint density at radius 2 is 1.85 bits per heavy atom. The summed E-state index contributed by atoms with van der Waals surface area (Å²) in [6.07, 6.45) is 11.0. The minimum atomic E-state index is 0.0275. The van der Waals surface area contributed by atoms with Crippen molar-refractivity contribution in [3.63, 3.8) is 0 Å². The Bertz CT molecular complexity index is 1250. The van der Waals surface area contributed by atoms with Crippen LogP contribution in [-0.2, 0) is 25.8 Å². The molecule has 5 heteroatoms. The van der Waals surface area contributed by atoms with E-state index in [0.29, 0.717) is 0 Å². The second-order valence-electron chi connectivity index (χ2n) is 10.5. The fourth-order valence-electron chi connectivity index (χ4n) is 6.11. The van der Waals surface area contributed by atoms with Crippen LogP contribution in [0.5, 0.6) is 0 Å². The van der Waals surface area contributed by atoms with E-state index >= 15 is 0 Å². The number of aromatic nitrogens is 2. The Morgan fingerprint density at radius 3 is 2.64 bits per heavy atom. The third kappa shape index (κ3) is 3.33. The molecule has 1 aromatic carbocycles. The van der Waals surface area contributed by atoms with Crippen LogP contribution in [-0.4, -0.2) is 39.4 Å². The van der Waals surface area contributed by atoms with Crippen molar-refractivity contribution in [2.24, 2.45) is 0 Å². The number of hydrogen-bond donors (Lipinski definition) is 2. The van der Waals surface area contributed by atoms with Gasteiger partial charge in [0.15, 0.2) is 0 Å². The highest BCUT2D eigenvalue weighted by molar-refractivity contribution is 6.01. The van der Waals surface area contributed by atoms with E-state index in [1.807, 2.05) is 6.20 Å². The fraction of sp³-hybridized carbons (Fsp3) is 0.429. The molecule has 5 nitrogen and oxygen atoms in total. The van der Waals surface area contributed by atoms with Crippen LogP contribution in [0.3, 0.4) is 0 Å². The minimum absolute atomic E-state index is 0.0275. The highest BCUT2D eigenvalue weighted by Crippen LogP contribution is 2.45. The predicted molar refractivity (Wildman–Crippen MR) is 129 cm³/mol. The number of aryl methyl sites for hydroxylation is 1. The van der Waals surface area contributed by atoms with E-state index in [4.69, 9.17) is 4.98 Å². The third-order valence-electron chi connectivity index (χ3n) is 8.16. The molecule has 2 aliphatic heterocycles. The van der Waals surface area contributed by atoms with E-state index < -0.39 is 0 Å². The van der Waals surface area contributed by atoms with Gasteiger partial charge in [-0.05, 0) is 74.4 Å². The Labute approximate surface area is 194 Å². The monoisotopic (exact) mass is 438 g/mol. The standard InChI is InChI=1S/C28H30N4O/c33-27-25-21-9-8-20-16-29-23(14-22(20)26(21)30-24(25)15-28(31-27)10-11-28)19-6-4-18(5-7-19)17-32-12-2-1-3-13-32/h4-7,14,16,30H,1-3,8-13,15,17H2,(H,31,33). The van der Waals surface area contributed by atoms with Gasteiger partial charge in [-0.25, -0.2) is 0 Å². The second-order valence-corrected chi connectivity index (χ2v) is 10.5. The van der Waals surface area contributed by atoms with Gasteiger partial charge in [0.1, 0.15) is 0 Å². The molecular formula is C28H30N4O. The second kappa shape index (κ2) is 7.29. The molecule has 4 aliphatic rings. The van der Waals surface area contributed by atoms with Gasteiger partial charge < -0.3 is 10.3 Å². The summed E-state index contributed by atoms with van der Waals surface area (Å²) >= 11 is 0. The molecule has 2 fully saturated rings. The van der Waals surface area contributed by atoms with Gasteiger partial charge >= 0.3 is 0 Å². The number of amides is 1. The van der Waals surface area contributed by atoms with Gasteiger partial charge in [0.05, 0.1) is 17.0 Å². The summed E-state index contributed by atoms with van der Waals surface area (Å²) in [6, 6.07) is 11.1. The first-order chi connectivity index (χ1) is 16.2. The molecular weight excluding hydrogens is 408 g/mol. The van der Waals surface area contributed by atoms with Gasteiger partial charge in [0.2, 0.25) is 0 Å². The zero-order chi connectivity index (χ0) is 22.0. The minimum Gasteiger partial charge on any atom is -0.357 e. The first-order valence-electron chi connectivity index (χ1n) is 12.5. The van der Waals surface area contributed by atoms with Crippen molar-refractivity contribution in [1.29, 1.82) is 0 Å². The summed E-state index contributed by atoms with van der Waals surface area (Å²) in [5.74, 6) is 0.119. The summed E-state index contributed by atoms with van der Waals surface area (Å²) < 4.78 is 0. The number of rotatable bonds is 3. The largest absolute Gasteiger partial charge is 0.357 e. The number of H-pyrrole nitrogens is 1. The Balaban J connectivity index is 1.20. The van der Waals surface area contributed by atoms with Crippen molar-refractivity contribution in [3.05, 3.63) is 64.5 Å². The van der Waals surface area contributed by atoms with Crippen LogP contribution in [0.15, 0.2) is 36.5 Å². The van der Waals surface area contributed by atoms with E-state index in [9.17, 15) is 4.79 Å². The normalized spacial score (nSPS) is 20.7. The van der Waals surface area contributed by atoms with E-state index in [2.05, 4.69) is 45.5 Å². The molecule has 3 aromatic rings. The molecule has 1 saturated carbocycles.